The molecule has 2 atom stereocenters. The van der Waals surface area contributed by atoms with Crippen molar-refractivity contribution >= 4 is 28.5 Å². The van der Waals surface area contributed by atoms with Crippen molar-refractivity contribution in [2.75, 3.05) is 12.3 Å². The molecule has 1 aromatic carbocycles. The van der Waals surface area contributed by atoms with Gasteiger partial charge in [0, 0.05) is 23.2 Å². The van der Waals surface area contributed by atoms with Crippen molar-refractivity contribution in [3.05, 3.63) is 40.2 Å². The van der Waals surface area contributed by atoms with Gasteiger partial charge in [0.25, 0.3) is 0 Å². The molecule has 9 heteroatoms. The number of carbonyl (C=O) groups is 2. The maximum absolute atomic E-state index is 11.7. The summed E-state index contributed by atoms with van der Waals surface area (Å²) in [6.07, 6.45) is 2.35. The molecule has 9 nitrogen and oxygen atoms in total. The zero-order chi connectivity index (χ0) is 23.6. The summed E-state index contributed by atoms with van der Waals surface area (Å²) in [6, 6.07) is 5.24. The van der Waals surface area contributed by atoms with E-state index in [0.717, 1.165) is 17.4 Å². The molecule has 31 heavy (non-hydrogen) atoms. The Morgan fingerprint density at radius 1 is 1.19 bits per heavy atom. The maximum atomic E-state index is 11.7. The third kappa shape index (κ3) is 9.18. The highest BCUT2D eigenvalue weighted by Gasteiger charge is 2.23. The molecule has 8 N–H and O–H groups in total. The number of carbonyl (C=O) groups excluding carboxylic acids is 1. The molecule has 0 fully saturated rings. The number of unbranched alkanes of at least 4 members (excludes halogenated alkanes) is 1. The molecule has 0 spiro atoms. The van der Waals surface area contributed by atoms with E-state index in [9.17, 15) is 14.4 Å². The van der Waals surface area contributed by atoms with Gasteiger partial charge in [-0.1, -0.05) is 13.8 Å². The smallest absolute Gasteiger partial charge is 0.336 e. The van der Waals surface area contributed by atoms with Crippen LogP contribution in [0.25, 0.3) is 11.0 Å². The molecule has 0 radical (unpaired) electrons. The third-order valence-electron chi connectivity index (χ3n) is 4.60. The number of nitrogen functional groups attached to an aromatic ring is 1. The molecule has 172 valence electrons. The summed E-state index contributed by atoms with van der Waals surface area (Å²) in [4.78, 5) is 33.7. The lowest BCUT2D eigenvalue weighted by atomic mass is 10.0. The number of anilines is 1. The van der Waals surface area contributed by atoms with Gasteiger partial charge in [0.05, 0.1) is 6.04 Å². The fraction of sp³-hybridized carbons (Fsp3) is 0.500. The van der Waals surface area contributed by atoms with Gasteiger partial charge in [-0.3, -0.25) is 4.79 Å². The maximum Gasteiger partial charge on any atom is 0.336 e. The van der Waals surface area contributed by atoms with Crippen molar-refractivity contribution in [3.8, 4) is 0 Å². The Labute approximate surface area is 182 Å². The topological polar surface area (TPSA) is 175 Å². The van der Waals surface area contributed by atoms with Gasteiger partial charge in [-0.25, -0.2) is 9.59 Å². The molecule has 2 aromatic rings. The van der Waals surface area contributed by atoms with Crippen molar-refractivity contribution in [1.29, 1.82) is 0 Å². The molecule has 0 aliphatic rings. The van der Waals surface area contributed by atoms with Crippen LogP contribution in [0.1, 0.15) is 45.1 Å². The third-order valence-corrected chi connectivity index (χ3v) is 4.60. The zero-order valence-corrected chi connectivity index (χ0v) is 18.4. The number of aliphatic carboxylic acids is 1. The molecule has 0 aliphatic heterocycles. The number of hydrogen-bond acceptors (Lipinski definition) is 7. The van der Waals surface area contributed by atoms with Crippen LogP contribution < -0.4 is 28.1 Å². The first-order valence-corrected chi connectivity index (χ1v) is 10.3. The van der Waals surface area contributed by atoms with Crippen LogP contribution in [0.3, 0.4) is 0 Å². The monoisotopic (exact) mass is 434 g/mol. The number of benzene rings is 1. The van der Waals surface area contributed by atoms with Gasteiger partial charge in [0.15, 0.2) is 0 Å². The largest absolute Gasteiger partial charge is 0.480 e. The predicted octanol–water partition coefficient (Wildman–Crippen LogP) is 1.74. The highest BCUT2D eigenvalue weighted by Crippen LogP contribution is 2.18. The van der Waals surface area contributed by atoms with Crippen LogP contribution in [0.5, 0.6) is 0 Å². The zero-order valence-electron chi connectivity index (χ0n) is 18.4. The lowest BCUT2D eigenvalue weighted by Crippen LogP contribution is -2.48. The van der Waals surface area contributed by atoms with Crippen LogP contribution >= 0.6 is 0 Å². The van der Waals surface area contributed by atoms with Crippen molar-refractivity contribution in [2.45, 2.75) is 58.5 Å². The molecule has 0 unspecified atom stereocenters. The lowest BCUT2D eigenvalue weighted by Gasteiger charge is -2.18. The van der Waals surface area contributed by atoms with E-state index in [1.54, 1.807) is 12.1 Å². The molecular formula is C22H34N4O5. The van der Waals surface area contributed by atoms with Gasteiger partial charge in [-0.2, -0.15) is 0 Å². The van der Waals surface area contributed by atoms with E-state index in [1.165, 1.54) is 6.07 Å². The van der Waals surface area contributed by atoms with Gasteiger partial charge >= 0.3 is 11.6 Å². The van der Waals surface area contributed by atoms with Gasteiger partial charge < -0.3 is 32.0 Å². The number of rotatable bonds is 9. The number of amides is 1. The van der Waals surface area contributed by atoms with Crippen molar-refractivity contribution in [2.24, 2.45) is 17.4 Å². The Bertz CT molecular complexity index is 926. The number of nitrogens with one attached hydrogen (secondary N) is 1. The highest BCUT2D eigenvalue weighted by atomic mass is 16.4. The molecule has 2 rings (SSSR count). The number of carboxylic acids is 1. The fourth-order valence-corrected chi connectivity index (χ4v) is 2.99. The van der Waals surface area contributed by atoms with Gasteiger partial charge in [-0.05, 0) is 62.8 Å². The number of aryl methyl sites for hydroxylation is 1. The first kappa shape index (κ1) is 26.1. The Balaban J connectivity index is 0.000000323. The molecule has 0 bridgehead atoms. The summed E-state index contributed by atoms with van der Waals surface area (Å²) in [5, 5.41) is 12.4. The summed E-state index contributed by atoms with van der Waals surface area (Å²) in [6.45, 7) is 6.31. The Kier molecular flexibility index (Phi) is 10.7. The van der Waals surface area contributed by atoms with Crippen LogP contribution in [-0.4, -0.2) is 35.6 Å². The second-order valence-corrected chi connectivity index (χ2v) is 7.92. The van der Waals surface area contributed by atoms with Crippen LogP contribution in [0.15, 0.2) is 33.5 Å². The van der Waals surface area contributed by atoms with E-state index >= 15 is 0 Å². The molecule has 0 aliphatic carbocycles. The van der Waals surface area contributed by atoms with Crippen molar-refractivity contribution < 1.29 is 19.1 Å². The quantitative estimate of drug-likeness (QED) is 0.225. The molecule has 0 saturated heterocycles. The first-order valence-electron chi connectivity index (χ1n) is 10.3. The van der Waals surface area contributed by atoms with E-state index in [0.29, 0.717) is 43.0 Å². The molecular weight excluding hydrogens is 400 g/mol. The Hall–Kier alpha value is -2.91. The fourth-order valence-electron chi connectivity index (χ4n) is 2.99. The van der Waals surface area contributed by atoms with Gasteiger partial charge in [-0.15, -0.1) is 0 Å². The Morgan fingerprint density at radius 3 is 2.45 bits per heavy atom. The number of fused-ring (bicyclic) bond motifs is 1. The second kappa shape index (κ2) is 12.7. The standard InChI is InChI=1S/C12H25N3O3.C10H9NO2/c1-8(2)7-9(14)11(16)15-10(12(17)18)5-3-4-6-13;1-6-4-10(12)13-9-5-7(11)2-3-8(6)9/h8-10H,3-7,13-14H2,1-2H3,(H,15,16)(H,17,18);2-5H,11H2,1H3/t9-,10-;/m0./s1. The average Bonchev–Trinajstić information content (AvgIpc) is 2.66. The summed E-state index contributed by atoms with van der Waals surface area (Å²) >= 11 is 0. The summed E-state index contributed by atoms with van der Waals surface area (Å²) in [5.41, 5.74) is 18.3. The second-order valence-electron chi connectivity index (χ2n) is 7.92. The van der Waals surface area contributed by atoms with Gasteiger partial charge in [0.2, 0.25) is 5.91 Å². The number of hydrogen-bond donors (Lipinski definition) is 5. The van der Waals surface area contributed by atoms with Crippen molar-refractivity contribution in [3.63, 3.8) is 0 Å². The minimum absolute atomic E-state index is 0.297. The van der Waals surface area contributed by atoms with Crippen molar-refractivity contribution in [1.82, 2.24) is 5.32 Å². The average molecular weight is 435 g/mol. The number of carboxylic acid groups (broad SMARTS) is 1. The van der Waals surface area contributed by atoms with Crippen LogP contribution in [0.2, 0.25) is 0 Å². The first-order chi connectivity index (χ1) is 14.5. The lowest BCUT2D eigenvalue weighted by molar-refractivity contribution is -0.142. The normalized spacial score (nSPS) is 12.7. The van der Waals surface area contributed by atoms with E-state index < -0.39 is 24.0 Å². The number of nitrogens with two attached hydrogens (primary N) is 3. The SMILES string of the molecule is CC(C)C[C@H](N)C(=O)N[C@@H](CCCCN)C(=O)O.Cc1cc(=O)oc2cc(N)ccc12. The summed E-state index contributed by atoms with van der Waals surface area (Å²) in [7, 11) is 0. The van der Waals surface area contributed by atoms with E-state index in [4.69, 9.17) is 26.7 Å². The molecule has 0 saturated carbocycles. The van der Waals surface area contributed by atoms with Crippen LogP contribution in [0.4, 0.5) is 5.69 Å². The van der Waals surface area contributed by atoms with Crippen LogP contribution in [-0.2, 0) is 9.59 Å². The summed E-state index contributed by atoms with van der Waals surface area (Å²) < 4.78 is 4.99. The minimum Gasteiger partial charge on any atom is -0.480 e. The minimum atomic E-state index is -1.03. The van der Waals surface area contributed by atoms with Crippen LogP contribution in [0, 0.1) is 12.8 Å². The molecule has 1 amide bonds. The summed E-state index contributed by atoms with van der Waals surface area (Å²) in [5.74, 6) is -1.13. The highest BCUT2D eigenvalue weighted by molar-refractivity contribution is 5.86. The Morgan fingerprint density at radius 2 is 1.87 bits per heavy atom. The predicted molar refractivity (Wildman–Crippen MR) is 122 cm³/mol. The van der Waals surface area contributed by atoms with E-state index in [2.05, 4.69) is 5.32 Å². The molecule has 1 aromatic heterocycles. The van der Waals surface area contributed by atoms with Gasteiger partial charge in [0.1, 0.15) is 11.6 Å². The molecule has 1 heterocycles. The van der Waals surface area contributed by atoms with E-state index in [1.807, 2.05) is 26.8 Å². The van der Waals surface area contributed by atoms with E-state index in [-0.39, 0.29) is 5.63 Å².